The van der Waals surface area contributed by atoms with E-state index in [9.17, 15) is 9.59 Å². The summed E-state index contributed by atoms with van der Waals surface area (Å²) >= 11 is 0. The van der Waals surface area contributed by atoms with Crippen LogP contribution in [0.2, 0.25) is 0 Å². The van der Waals surface area contributed by atoms with Gasteiger partial charge in [-0.25, -0.2) is 9.59 Å². The van der Waals surface area contributed by atoms with E-state index >= 15 is 0 Å². The van der Waals surface area contributed by atoms with Crippen molar-refractivity contribution in [2.24, 2.45) is 5.92 Å². The topological polar surface area (TPSA) is 55.8 Å². The molecule has 5 nitrogen and oxygen atoms in total. The van der Waals surface area contributed by atoms with Crippen molar-refractivity contribution in [2.45, 2.75) is 84.6 Å². The second kappa shape index (κ2) is 6.93. The average molecular weight is 325 g/mol. The number of hydrogen-bond acceptors (Lipinski definition) is 4. The summed E-state index contributed by atoms with van der Waals surface area (Å²) in [5.74, 6) is -0.205. The van der Waals surface area contributed by atoms with E-state index in [1.807, 2.05) is 48.5 Å². The van der Waals surface area contributed by atoms with E-state index in [4.69, 9.17) is 9.47 Å². The lowest BCUT2D eigenvalue weighted by Crippen LogP contribution is -2.48. The maximum absolute atomic E-state index is 12.6. The van der Waals surface area contributed by atoms with E-state index in [2.05, 4.69) is 6.58 Å². The summed E-state index contributed by atoms with van der Waals surface area (Å²) in [6, 6.07) is -0.843. The second-order valence-electron chi connectivity index (χ2n) is 8.07. The predicted molar refractivity (Wildman–Crippen MR) is 90.1 cm³/mol. The Kier molecular flexibility index (Phi) is 5.89. The van der Waals surface area contributed by atoms with Gasteiger partial charge in [0.15, 0.2) is 0 Å². The highest BCUT2D eigenvalue weighted by atomic mass is 16.6. The van der Waals surface area contributed by atoms with E-state index in [1.165, 1.54) is 4.90 Å². The molecule has 23 heavy (non-hydrogen) atoms. The fraction of sp³-hybridized carbons (Fsp3) is 0.778. The molecule has 0 spiro atoms. The van der Waals surface area contributed by atoms with Crippen LogP contribution in [0.4, 0.5) is 4.79 Å². The van der Waals surface area contributed by atoms with Gasteiger partial charge in [0.25, 0.3) is 0 Å². The molecule has 132 valence electrons. The van der Waals surface area contributed by atoms with Gasteiger partial charge in [0, 0.05) is 0 Å². The number of esters is 1. The van der Waals surface area contributed by atoms with Gasteiger partial charge in [0.1, 0.15) is 17.2 Å². The van der Waals surface area contributed by atoms with Crippen molar-refractivity contribution in [3.63, 3.8) is 0 Å². The molecular formula is C18H31NO4. The summed E-state index contributed by atoms with van der Waals surface area (Å²) in [7, 11) is 0. The van der Waals surface area contributed by atoms with Gasteiger partial charge in [-0.2, -0.15) is 0 Å². The molecule has 1 heterocycles. The number of hydrogen-bond donors (Lipinski definition) is 0. The van der Waals surface area contributed by atoms with Gasteiger partial charge < -0.3 is 9.47 Å². The quantitative estimate of drug-likeness (QED) is 0.583. The number of nitrogens with zero attached hydrogens (tertiary/aromatic N) is 1. The first-order valence-corrected chi connectivity index (χ1v) is 8.26. The van der Waals surface area contributed by atoms with E-state index in [0.29, 0.717) is 6.42 Å². The largest absolute Gasteiger partial charge is 0.458 e. The van der Waals surface area contributed by atoms with Gasteiger partial charge in [0.2, 0.25) is 0 Å². The second-order valence-corrected chi connectivity index (χ2v) is 8.07. The molecule has 0 aliphatic carbocycles. The van der Waals surface area contributed by atoms with E-state index in [-0.39, 0.29) is 17.9 Å². The van der Waals surface area contributed by atoms with Crippen LogP contribution in [0.15, 0.2) is 12.7 Å². The van der Waals surface area contributed by atoms with Crippen LogP contribution in [-0.2, 0) is 14.3 Å². The molecule has 0 aromatic carbocycles. The molecule has 0 unspecified atom stereocenters. The third kappa shape index (κ3) is 5.26. The Labute approximate surface area is 140 Å². The Balaban J connectivity index is 3.07. The van der Waals surface area contributed by atoms with Crippen LogP contribution in [0.25, 0.3) is 0 Å². The number of amides is 1. The first-order valence-electron chi connectivity index (χ1n) is 8.26. The zero-order valence-electron chi connectivity index (χ0n) is 15.5. The molecule has 0 bridgehead atoms. The monoisotopic (exact) mass is 325 g/mol. The van der Waals surface area contributed by atoms with Crippen LogP contribution >= 0.6 is 0 Å². The van der Waals surface area contributed by atoms with Gasteiger partial charge >= 0.3 is 12.1 Å². The Bertz CT molecular complexity index is 459. The molecule has 0 radical (unpaired) electrons. The van der Waals surface area contributed by atoms with Crippen molar-refractivity contribution in [1.29, 1.82) is 0 Å². The van der Waals surface area contributed by atoms with Crippen molar-refractivity contribution in [3.8, 4) is 0 Å². The van der Waals surface area contributed by atoms with Gasteiger partial charge in [-0.15, -0.1) is 6.58 Å². The first kappa shape index (κ1) is 19.5. The molecule has 1 rings (SSSR count). The minimum absolute atomic E-state index is 0.178. The molecule has 3 atom stereocenters. The minimum atomic E-state index is -0.628. The van der Waals surface area contributed by atoms with Crippen LogP contribution < -0.4 is 0 Å². The molecule has 5 heteroatoms. The lowest BCUT2D eigenvalue weighted by Gasteiger charge is -2.32. The highest BCUT2D eigenvalue weighted by Crippen LogP contribution is 2.35. The number of rotatable bonds is 3. The number of likely N-dealkylation sites (tertiary alicyclic amines) is 1. The van der Waals surface area contributed by atoms with E-state index in [1.54, 1.807) is 6.08 Å². The van der Waals surface area contributed by atoms with Crippen LogP contribution in [-0.4, -0.2) is 40.2 Å². The predicted octanol–water partition coefficient (Wildman–Crippen LogP) is 3.92. The normalized spacial score (nSPS) is 25.2. The van der Waals surface area contributed by atoms with Gasteiger partial charge in [-0.05, 0) is 53.9 Å². The van der Waals surface area contributed by atoms with Gasteiger partial charge in [-0.1, -0.05) is 19.4 Å². The Morgan fingerprint density at radius 2 is 1.65 bits per heavy atom. The smallest absolute Gasteiger partial charge is 0.411 e. The fourth-order valence-corrected chi connectivity index (χ4v) is 2.83. The zero-order chi connectivity index (χ0) is 18.0. The summed E-state index contributed by atoms with van der Waals surface area (Å²) in [5, 5.41) is 0. The molecule has 1 amide bonds. The molecule has 0 aromatic heterocycles. The Morgan fingerprint density at radius 3 is 2.04 bits per heavy atom. The molecule has 0 N–H and O–H groups in total. The summed E-state index contributed by atoms with van der Waals surface area (Å²) in [4.78, 5) is 26.7. The van der Waals surface area contributed by atoms with Crippen molar-refractivity contribution in [3.05, 3.63) is 12.7 Å². The standard InChI is InChI=1S/C18H31NO4/c1-9-12-11-14(15(20)22-17(3,4)5)19(13(12)10-2)16(21)23-18(6,7)8/h10,12-14H,2,9,11H2,1,3-8H3/t12-,13+,14+/m1/s1. The van der Waals surface area contributed by atoms with Crippen LogP contribution in [0.5, 0.6) is 0 Å². The number of ether oxygens (including phenoxy) is 2. The third-order valence-corrected chi connectivity index (χ3v) is 3.72. The Morgan fingerprint density at radius 1 is 1.13 bits per heavy atom. The lowest BCUT2D eigenvalue weighted by atomic mass is 9.96. The fourth-order valence-electron chi connectivity index (χ4n) is 2.83. The molecule has 0 saturated carbocycles. The molecule has 1 fully saturated rings. The van der Waals surface area contributed by atoms with E-state index in [0.717, 1.165) is 6.42 Å². The highest BCUT2D eigenvalue weighted by molar-refractivity contribution is 5.83. The summed E-state index contributed by atoms with van der Waals surface area (Å²) < 4.78 is 11.0. The minimum Gasteiger partial charge on any atom is -0.458 e. The van der Waals surface area contributed by atoms with Gasteiger partial charge in [0.05, 0.1) is 6.04 Å². The number of carbonyl (C=O) groups excluding carboxylic acids is 2. The van der Waals surface area contributed by atoms with Crippen molar-refractivity contribution in [2.75, 3.05) is 0 Å². The average Bonchev–Trinajstić information content (AvgIpc) is 2.73. The lowest BCUT2D eigenvalue weighted by molar-refractivity contribution is -0.160. The summed E-state index contributed by atoms with van der Waals surface area (Å²) in [5.41, 5.74) is -1.21. The zero-order valence-corrected chi connectivity index (χ0v) is 15.5. The maximum Gasteiger partial charge on any atom is 0.411 e. The molecule has 0 aromatic rings. The molecule has 1 aliphatic rings. The SMILES string of the molecule is C=C[C@H]1[C@H](CC)C[C@@H](C(=O)OC(C)(C)C)N1C(=O)OC(C)(C)C. The molecule has 1 saturated heterocycles. The Hall–Kier alpha value is -1.52. The highest BCUT2D eigenvalue weighted by Gasteiger charge is 2.47. The van der Waals surface area contributed by atoms with Crippen molar-refractivity contribution in [1.82, 2.24) is 4.90 Å². The first-order chi connectivity index (χ1) is 10.4. The molecule has 1 aliphatic heterocycles. The molecular weight excluding hydrogens is 294 g/mol. The van der Waals surface area contributed by atoms with E-state index < -0.39 is 23.3 Å². The third-order valence-electron chi connectivity index (χ3n) is 3.72. The van der Waals surface area contributed by atoms with Crippen LogP contribution in [0.3, 0.4) is 0 Å². The van der Waals surface area contributed by atoms with Crippen molar-refractivity contribution >= 4 is 12.1 Å². The van der Waals surface area contributed by atoms with Gasteiger partial charge in [-0.3, -0.25) is 4.90 Å². The maximum atomic E-state index is 12.6. The van der Waals surface area contributed by atoms with Crippen LogP contribution in [0, 0.1) is 5.92 Å². The summed E-state index contributed by atoms with van der Waals surface area (Å²) in [6.45, 7) is 16.8. The van der Waals surface area contributed by atoms with Crippen molar-refractivity contribution < 1.29 is 19.1 Å². The summed E-state index contributed by atoms with van der Waals surface area (Å²) in [6.07, 6.45) is 2.66. The number of carbonyl (C=O) groups is 2. The van der Waals surface area contributed by atoms with Crippen LogP contribution in [0.1, 0.15) is 61.3 Å².